The summed E-state index contributed by atoms with van der Waals surface area (Å²) in [5.74, 6) is 1.03. The van der Waals surface area contributed by atoms with Gasteiger partial charge in [0.15, 0.2) is 0 Å². The number of hydrogen-bond donors (Lipinski definition) is 2. The maximum atomic E-state index is 9.52. The van der Waals surface area contributed by atoms with E-state index in [9.17, 15) is 10.2 Å². The standard InChI is InChI=1S/C10H12O2/c1-6-2-3-7-8(11)4-5-9(12)10(6)7/h4-6,11-12H,2-3H2,1H3/t6-/m1/s1. The van der Waals surface area contributed by atoms with Crippen molar-refractivity contribution in [3.8, 4) is 11.5 Å². The van der Waals surface area contributed by atoms with Crippen molar-refractivity contribution in [3.05, 3.63) is 23.3 Å². The van der Waals surface area contributed by atoms with Gasteiger partial charge < -0.3 is 10.2 Å². The summed E-state index contributed by atoms with van der Waals surface area (Å²) < 4.78 is 0. The molecule has 1 aromatic carbocycles. The van der Waals surface area contributed by atoms with Gasteiger partial charge in [0.1, 0.15) is 11.5 Å². The number of phenolic OH excluding ortho intramolecular Hbond substituents is 2. The summed E-state index contributed by atoms with van der Waals surface area (Å²) in [6.45, 7) is 2.07. The Hall–Kier alpha value is -1.18. The molecular weight excluding hydrogens is 152 g/mol. The topological polar surface area (TPSA) is 40.5 Å². The van der Waals surface area contributed by atoms with Gasteiger partial charge in [-0.25, -0.2) is 0 Å². The van der Waals surface area contributed by atoms with Crippen molar-refractivity contribution in [1.82, 2.24) is 0 Å². The Kier molecular flexibility index (Phi) is 1.50. The lowest BCUT2D eigenvalue weighted by Crippen LogP contribution is -1.87. The highest BCUT2D eigenvalue weighted by Gasteiger charge is 2.24. The lowest BCUT2D eigenvalue weighted by Gasteiger charge is -2.07. The number of fused-ring (bicyclic) bond motifs is 1. The molecule has 2 rings (SSSR count). The van der Waals surface area contributed by atoms with Crippen molar-refractivity contribution in [2.24, 2.45) is 0 Å². The molecule has 0 saturated heterocycles. The van der Waals surface area contributed by atoms with Crippen molar-refractivity contribution >= 4 is 0 Å². The summed E-state index contributed by atoms with van der Waals surface area (Å²) >= 11 is 0. The van der Waals surface area contributed by atoms with Gasteiger partial charge >= 0.3 is 0 Å². The van der Waals surface area contributed by atoms with Gasteiger partial charge in [-0.15, -0.1) is 0 Å². The van der Waals surface area contributed by atoms with Crippen LogP contribution >= 0.6 is 0 Å². The van der Waals surface area contributed by atoms with E-state index in [2.05, 4.69) is 6.92 Å². The highest BCUT2D eigenvalue weighted by molar-refractivity contribution is 5.51. The van der Waals surface area contributed by atoms with Crippen LogP contribution in [-0.4, -0.2) is 10.2 Å². The molecule has 64 valence electrons. The molecule has 1 aliphatic carbocycles. The van der Waals surface area contributed by atoms with E-state index in [4.69, 9.17) is 0 Å². The Morgan fingerprint density at radius 2 is 1.92 bits per heavy atom. The van der Waals surface area contributed by atoms with Crippen LogP contribution in [0.5, 0.6) is 11.5 Å². The first kappa shape index (κ1) is 7.47. The maximum absolute atomic E-state index is 9.52. The molecular formula is C10H12O2. The minimum absolute atomic E-state index is 0.326. The average molecular weight is 164 g/mol. The number of hydrogen-bond acceptors (Lipinski definition) is 2. The van der Waals surface area contributed by atoms with Crippen LogP contribution in [0.15, 0.2) is 12.1 Å². The third kappa shape index (κ3) is 0.876. The van der Waals surface area contributed by atoms with Gasteiger partial charge in [-0.2, -0.15) is 0 Å². The van der Waals surface area contributed by atoms with E-state index in [1.165, 1.54) is 0 Å². The molecule has 0 aliphatic heterocycles. The zero-order chi connectivity index (χ0) is 8.72. The van der Waals surface area contributed by atoms with Gasteiger partial charge in [0.2, 0.25) is 0 Å². The molecule has 12 heavy (non-hydrogen) atoms. The van der Waals surface area contributed by atoms with Crippen molar-refractivity contribution in [3.63, 3.8) is 0 Å². The summed E-state index contributed by atoms with van der Waals surface area (Å²) in [7, 11) is 0. The third-order valence-corrected chi connectivity index (χ3v) is 2.63. The van der Waals surface area contributed by atoms with Crippen molar-refractivity contribution in [2.75, 3.05) is 0 Å². The molecule has 2 nitrogen and oxygen atoms in total. The minimum Gasteiger partial charge on any atom is -0.508 e. The number of rotatable bonds is 0. The Balaban J connectivity index is 2.64. The fourth-order valence-corrected chi connectivity index (χ4v) is 1.96. The lowest BCUT2D eigenvalue weighted by atomic mass is 10.0. The van der Waals surface area contributed by atoms with Crippen LogP contribution < -0.4 is 0 Å². The van der Waals surface area contributed by atoms with E-state index < -0.39 is 0 Å². The summed E-state index contributed by atoms with van der Waals surface area (Å²) in [5, 5.41) is 19.0. The van der Waals surface area contributed by atoms with Crippen LogP contribution in [0.2, 0.25) is 0 Å². The molecule has 1 aliphatic rings. The Morgan fingerprint density at radius 3 is 2.58 bits per heavy atom. The first-order valence-corrected chi connectivity index (χ1v) is 4.24. The first-order valence-electron chi connectivity index (χ1n) is 4.24. The van der Waals surface area contributed by atoms with Crippen LogP contribution in [0.3, 0.4) is 0 Å². The monoisotopic (exact) mass is 164 g/mol. The molecule has 0 amide bonds. The van der Waals surface area contributed by atoms with E-state index >= 15 is 0 Å². The summed E-state index contributed by atoms with van der Waals surface area (Å²) in [6.07, 6.45) is 1.91. The second-order valence-electron chi connectivity index (χ2n) is 3.44. The molecule has 1 atom stereocenters. The Morgan fingerprint density at radius 1 is 1.25 bits per heavy atom. The first-order chi connectivity index (χ1) is 5.70. The van der Waals surface area contributed by atoms with Gasteiger partial charge in [-0.05, 0) is 30.9 Å². The molecule has 0 unspecified atom stereocenters. The molecule has 0 saturated carbocycles. The van der Waals surface area contributed by atoms with Crippen molar-refractivity contribution in [1.29, 1.82) is 0 Å². The molecule has 0 radical (unpaired) electrons. The molecule has 0 aromatic heterocycles. The number of aromatic hydroxyl groups is 2. The van der Waals surface area contributed by atoms with Gasteiger partial charge in [0, 0.05) is 11.1 Å². The normalized spacial score (nSPS) is 20.9. The molecule has 0 spiro atoms. The summed E-state index contributed by atoms with van der Waals surface area (Å²) in [6, 6.07) is 3.13. The molecule has 0 fully saturated rings. The molecule has 2 N–H and O–H groups in total. The van der Waals surface area contributed by atoms with Crippen LogP contribution in [0, 0.1) is 0 Å². The highest BCUT2D eigenvalue weighted by Crippen LogP contribution is 2.42. The zero-order valence-electron chi connectivity index (χ0n) is 7.04. The largest absolute Gasteiger partial charge is 0.508 e. The fraction of sp³-hybridized carbons (Fsp3) is 0.400. The summed E-state index contributed by atoms with van der Waals surface area (Å²) in [4.78, 5) is 0. The molecule has 1 aromatic rings. The predicted molar refractivity (Wildman–Crippen MR) is 46.5 cm³/mol. The van der Waals surface area contributed by atoms with E-state index in [0.29, 0.717) is 17.4 Å². The predicted octanol–water partition coefficient (Wildman–Crippen LogP) is 2.15. The van der Waals surface area contributed by atoms with E-state index in [1.54, 1.807) is 12.1 Å². The van der Waals surface area contributed by atoms with Crippen LogP contribution in [0.1, 0.15) is 30.4 Å². The number of benzene rings is 1. The Bertz CT molecular complexity index is 318. The van der Waals surface area contributed by atoms with Crippen molar-refractivity contribution in [2.45, 2.75) is 25.7 Å². The van der Waals surface area contributed by atoms with Crippen molar-refractivity contribution < 1.29 is 10.2 Å². The van der Waals surface area contributed by atoms with E-state index in [-0.39, 0.29) is 0 Å². The lowest BCUT2D eigenvalue weighted by molar-refractivity contribution is 0.451. The maximum Gasteiger partial charge on any atom is 0.119 e. The number of phenols is 2. The fourth-order valence-electron chi connectivity index (χ4n) is 1.96. The second kappa shape index (κ2) is 2.41. The zero-order valence-corrected chi connectivity index (χ0v) is 7.04. The van der Waals surface area contributed by atoms with Crippen LogP contribution in [-0.2, 0) is 6.42 Å². The second-order valence-corrected chi connectivity index (χ2v) is 3.44. The highest BCUT2D eigenvalue weighted by atomic mass is 16.3. The smallest absolute Gasteiger partial charge is 0.119 e. The van der Waals surface area contributed by atoms with Gasteiger partial charge in [-0.1, -0.05) is 6.92 Å². The van der Waals surface area contributed by atoms with Gasteiger partial charge in [-0.3, -0.25) is 0 Å². The van der Waals surface area contributed by atoms with E-state index in [1.807, 2.05) is 0 Å². The van der Waals surface area contributed by atoms with Crippen LogP contribution in [0.25, 0.3) is 0 Å². The Labute approximate surface area is 71.5 Å². The van der Waals surface area contributed by atoms with E-state index in [0.717, 1.165) is 24.0 Å². The summed E-state index contributed by atoms with van der Waals surface area (Å²) in [5.41, 5.74) is 1.87. The van der Waals surface area contributed by atoms with Crippen LogP contribution in [0.4, 0.5) is 0 Å². The molecule has 2 heteroatoms. The molecule has 0 heterocycles. The third-order valence-electron chi connectivity index (χ3n) is 2.63. The SMILES string of the molecule is C[C@@H]1CCc2c(O)ccc(O)c21. The molecule has 0 bridgehead atoms. The van der Waals surface area contributed by atoms with Gasteiger partial charge in [0.25, 0.3) is 0 Å². The minimum atomic E-state index is 0.326. The quantitative estimate of drug-likeness (QED) is 0.577. The van der Waals surface area contributed by atoms with Gasteiger partial charge in [0.05, 0.1) is 0 Å². The average Bonchev–Trinajstić information content (AvgIpc) is 2.42.